The molecule has 0 aliphatic heterocycles. The van der Waals surface area contributed by atoms with Crippen molar-refractivity contribution in [2.75, 3.05) is 11.9 Å². The van der Waals surface area contributed by atoms with Crippen molar-refractivity contribution in [1.29, 1.82) is 0 Å². The van der Waals surface area contributed by atoms with Gasteiger partial charge in [-0.15, -0.1) is 0 Å². The first-order valence-electron chi connectivity index (χ1n) is 7.39. The zero-order chi connectivity index (χ0) is 16.1. The summed E-state index contributed by atoms with van der Waals surface area (Å²) in [5, 5.41) is 13.7. The van der Waals surface area contributed by atoms with Crippen LogP contribution in [0.1, 0.15) is 11.6 Å². The van der Waals surface area contributed by atoms with Crippen molar-refractivity contribution < 1.29 is 5.11 Å². The monoisotopic (exact) mass is 324 g/mol. The Morgan fingerprint density at radius 2 is 1.70 bits per heavy atom. The molecule has 0 amide bonds. The predicted molar refractivity (Wildman–Crippen MR) is 94.6 cm³/mol. The van der Waals surface area contributed by atoms with Crippen molar-refractivity contribution in [1.82, 2.24) is 4.98 Å². The van der Waals surface area contributed by atoms with Crippen LogP contribution in [-0.2, 0) is 0 Å². The molecular weight excluding hydrogens is 308 g/mol. The van der Waals surface area contributed by atoms with Gasteiger partial charge in [-0.3, -0.25) is 4.98 Å². The van der Waals surface area contributed by atoms with E-state index in [1.54, 1.807) is 6.20 Å². The number of rotatable bonds is 5. The van der Waals surface area contributed by atoms with Gasteiger partial charge < -0.3 is 10.4 Å². The Hall–Kier alpha value is -2.36. The quantitative estimate of drug-likeness (QED) is 0.724. The lowest BCUT2D eigenvalue weighted by Gasteiger charge is -2.18. The standard InChI is InChI=1S/C19H17ClN2O/c20-17-8-6-14(7-9-17)16-10-18(12-21-11-16)22-19(13-23)15-4-2-1-3-5-15/h1-12,19,22-23H,13H2/t19-/m0/s1. The highest BCUT2D eigenvalue weighted by molar-refractivity contribution is 6.30. The number of hydrogen-bond donors (Lipinski definition) is 2. The molecule has 23 heavy (non-hydrogen) atoms. The molecule has 0 aliphatic carbocycles. The molecule has 4 heteroatoms. The summed E-state index contributed by atoms with van der Waals surface area (Å²) in [7, 11) is 0. The first-order valence-corrected chi connectivity index (χ1v) is 7.77. The van der Waals surface area contributed by atoms with Crippen molar-refractivity contribution in [2.45, 2.75) is 6.04 Å². The maximum Gasteiger partial charge on any atom is 0.0745 e. The molecule has 3 aromatic rings. The van der Waals surface area contributed by atoms with Crippen LogP contribution in [0.3, 0.4) is 0 Å². The third kappa shape index (κ3) is 3.89. The molecule has 0 unspecified atom stereocenters. The van der Waals surface area contributed by atoms with Crippen LogP contribution >= 0.6 is 11.6 Å². The van der Waals surface area contributed by atoms with Gasteiger partial charge in [0.2, 0.25) is 0 Å². The molecule has 1 atom stereocenters. The van der Waals surface area contributed by atoms with E-state index >= 15 is 0 Å². The van der Waals surface area contributed by atoms with E-state index in [1.165, 1.54) is 0 Å². The van der Waals surface area contributed by atoms with Gasteiger partial charge in [0.05, 0.1) is 18.3 Å². The van der Waals surface area contributed by atoms with Gasteiger partial charge in [0.15, 0.2) is 0 Å². The van der Waals surface area contributed by atoms with Crippen molar-refractivity contribution in [2.24, 2.45) is 0 Å². The average Bonchev–Trinajstić information content (AvgIpc) is 2.61. The molecular formula is C19H17ClN2O. The number of nitrogens with one attached hydrogen (secondary N) is 1. The van der Waals surface area contributed by atoms with Crippen LogP contribution in [0.15, 0.2) is 73.1 Å². The number of pyridine rings is 1. The van der Waals surface area contributed by atoms with Gasteiger partial charge in [-0.2, -0.15) is 0 Å². The maximum absolute atomic E-state index is 9.66. The number of anilines is 1. The number of benzene rings is 2. The molecule has 2 aromatic carbocycles. The second-order valence-corrected chi connectivity index (χ2v) is 5.70. The molecule has 0 bridgehead atoms. The smallest absolute Gasteiger partial charge is 0.0745 e. The Bertz CT molecular complexity index is 760. The molecule has 3 nitrogen and oxygen atoms in total. The summed E-state index contributed by atoms with van der Waals surface area (Å²) in [6, 6.07) is 19.3. The molecule has 1 heterocycles. The van der Waals surface area contributed by atoms with Crippen LogP contribution in [0.25, 0.3) is 11.1 Å². The molecule has 2 N–H and O–H groups in total. The molecule has 0 spiro atoms. The summed E-state index contributed by atoms with van der Waals surface area (Å²) >= 11 is 5.93. The van der Waals surface area contributed by atoms with Crippen LogP contribution in [0, 0.1) is 0 Å². The van der Waals surface area contributed by atoms with Gasteiger partial charge in [-0.25, -0.2) is 0 Å². The van der Waals surface area contributed by atoms with Gasteiger partial charge in [-0.05, 0) is 29.3 Å². The number of nitrogens with zero attached hydrogens (tertiary/aromatic N) is 1. The highest BCUT2D eigenvalue weighted by Gasteiger charge is 2.10. The zero-order valence-corrected chi connectivity index (χ0v) is 13.2. The highest BCUT2D eigenvalue weighted by Crippen LogP contribution is 2.25. The minimum absolute atomic E-state index is 0.00911. The van der Waals surface area contributed by atoms with E-state index in [1.807, 2.05) is 66.9 Å². The number of hydrogen-bond acceptors (Lipinski definition) is 3. The Kier molecular flexibility index (Phi) is 4.91. The van der Waals surface area contributed by atoms with Gasteiger partial charge in [0.25, 0.3) is 0 Å². The summed E-state index contributed by atoms with van der Waals surface area (Å²) in [6.07, 6.45) is 3.57. The Labute approximate surface area is 140 Å². The third-order valence-corrected chi connectivity index (χ3v) is 3.89. The van der Waals surface area contributed by atoms with E-state index in [4.69, 9.17) is 11.6 Å². The van der Waals surface area contributed by atoms with Crippen molar-refractivity contribution in [3.05, 3.63) is 83.6 Å². The minimum atomic E-state index is -0.168. The maximum atomic E-state index is 9.66. The summed E-state index contributed by atoms with van der Waals surface area (Å²) in [4.78, 5) is 4.29. The van der Waals surface area contributed by atoms with E-state index in [2.05, 4.69) is 10.3 Å². The van der Waals surface area contributed by atoms with Crippen LogP contribution in [-0.4, -0.2) is 16.7 Å². The highest BCUT2D eigenvalue weighted by atomic mass is 35.5. The fourth-order valence-corrected chi connectivity index (χ4v) is 2.57. The summed E-state index contributed by atoms with van der Waals surface area (Å²) in [6.45, 7) is 0.00911. The number of aromatic nitrogens is 1. The zero-order valence-electron chi connectivity index (χ0n) is 12.5. The van der Waals surface area contributed by atoms with Gasteiger partial charge in [0.1, 0.15) is 0 Å². The average molecular weight is 325 g/mol. The van der Waals surface area contributed by atoms with E-state index in [-0.39, 0.29) is 12.6 Å². The Morgan fingerprint density at radius 1 is 0.957 bits per heavy atom. The van der Waals surface area contributed by atoms with E-state index in [9.17, 15) is 5.11 Å². The Morgan fingerprint density at radius 3 is 2.39 bits per heavy atom. The lowest BCUT2D eigenvalue weighted by molar-refractivity contribution is 0.276. The molecule has 1 aromatic heterocycles. The largest absolute Gasteiger partial charge is 0.394 e. The topological polar surface area (TPSA) is 45.1 Å². The van der Waals surface area contributed by atoms with Crippen LogP contribution in [0.2, 0.25) is 5.02 Å². The van der Waals surface area contributed by atoms with E-state index < -0.39 is 0 Å². The third-order valence-electron chi connectivity index (χ3n) is 3.64. The second-order valence-electron chi connectivity index (χ2n) is 5.26. The molecule has 3 rings (SSSR count). The van der Waals surface area contributed by atoms with Gasteiger partial charge >= 0.3 is 0 Å². The minimum Gasteiger partial charge on any atom is -0.394 e. The second kappa shape index (κ2) is 7.27. The predicted octanol–water partition coefficient (Wildman–Crippen LogP) is 4.55. The SMILES string of the molecule is OC[C@H](Nc1cncc(-c2ccc(Cl)cc2)c1)c1ccccc1. The van der Waals surface area contributed by atoms with Gasteiger partial charge in [-0.1, -0.05) is 54.1 Å². The summed E-state index contributed by atoms with van der Waals surface area (Å²) in [5.41, 5.74) is 3.94. The van der Waals surface area contributed by atoms with E-state index in [0.717, 1.165) is 22.4 Å². The first-order chi connectivity index (χ1) is 11.3. The lowest BCUT2D eigenvalue weighted by Crippen LogP contribution is -2.14. The number of halogens is 1. The molecule has 0 saturated heterocycles. The summed E-state index contributed by atoms with van der Waals surface area (Å²) < 4.78 is 0. The van der Waals surface area contributed by atoms with E-state index in [0.29, 0.717) is 5.02 Å². The van der Waals surface area contributed by atoms with Gasteiger partial charge in [0, 0.05) is 23.0 Å². The lowest BCUT2D eigenvalue weighted by atomic mass is 10.1. The summed E-state index contributed by atoms with van der Waals surface area (Å²) in [5.74, 6) is 0. The van der Waals surface area contributed by atoms with Crippen molar-refractivity contribution in [3.63, 3.8) is 0 Å². The van der Waals surface area contributed by atoms with Crippen LogP contribution < -0.4 is 5.32 Å². The molecule has 0 fully saturated rings. The van der Waals surface area contributed by atoms with Crippen molar-refractivity contribution in [3.8, 4) is 11.1 Å². The van der Waals surface area contributed by atoms with Crippen LogP contribution in [0.4, 0.5) is 5.69 Å². The number of aliphatic hydroxyl groups excluding tert-OH is 1. The van der Waals surface area contributed by atoms with Crippen LogP contribution in [0.5, 0.6) is 0 Å². The number of aliphatic hydroxyl groups is 1. The molecule has 116 valence electrons. The molecule has 0 saturated carbocycles. The Balaban J connectivity index is 1.83. The molecule has 0 aliphatic rings. The van der Waals surface area contributed by atoms with Crippen molar-refractivity contribution >= 4 is 17.3 Å². The molecule has 0 radical (unpaired) electrons. The normalized spacial score (nSPS) is 11.9. The first kappa shape index (κ1) is 15.5. The fourth-order valence-electron chi connectivity index (χ4n) is 2.44. The fraction of sp³-hybridized carbons (Fsp3) is 0.105.